The second kappa shape index (κ2) is 13.2. The van der Waals surface area contributed by atoms with Crippen molar-refractivity contribution in [2.24, 2.45) is 0 Å². The van der Waals surface area contributed by atoms with Crippen LogP contribution in [0.3, 0.4) is 0 Å². The van der Waals surface area contributed by atoms with Gasteiger partial charge in [-0.05, 0) is 67.4 Å². The fourth-order valence-electron chi connectivity index (χ4n) is 4.46. The Bertz CT molecular complexity index is 1660. The highest BCUT2D eigenvalue weighted by atomic mass is 35.5. The number of aliphatic hydroxyl groups is 1. The number of hydrogen-bond acceptors (Lipinski definition) is 9. The largest absolute Gasteiger partial charge is 0.507 e. The van der Waals surface area contributed by atoms with Crippen molar-refractivity contribution in [3.8, 4) is 11.5 Å². The Balaban J connectivity index is 1.59. The third-order valence-corrected chi connectivity index (χ3v) is 9.08. The summed E-state index contributed by atoms with van der Waals surface area (Å²) in [6, 6.07) is 18.0. The predicted molar refractivity (Wildman–Crippen MR) is 166 cm³/mol. The van der Waals surface area contributed by atoms with Crippen LogP contribution in [0.15, 0.2) is 76.6 Å². The van der Waals surface area contributed by atoms with Crippen LogP contribution in [0, 0.1) is 0 Å². The van der Waals surface area contributed by atoms with Gasteiger partial charge in [0.2, 0.25) is 5.13 Å². The first-order valence-corrected chi connectivity index (χ1v) is 15.5. The second-order valence-corrected chi connectivity index (χ2v) is 12.0. The van der Waals surface area contributed by atoms with Gasteiger partial charge in [0.15, 0.2) is 15.8 Å². The Morgan fingerprint density at radius 2 is 1.69 bits per heavy atom. The number of aromatic nitrogens is 2. The monoisotopic (exact) mass is 641 g/mol. The molecule has 0 bridgehead atoms. The minimum Gasteiger partial charge on any atom is -0.507 e. The van der Waals surface area contributed by atoms with Gasteiger partial charge in [-0.2, -0.15) is 0 Å². The molecule has 8 nitrogen and oxygen atoms in total. The maximum atomic E-state index is 13.6. The van der Waals surface area contributed by atoms with Crippen LogP contribution in [0.1, 0.15) is 36.6 Å². The summed E-state index contributed by atoms with van der Waals surface area (Å²) >= 11 is 14.9. The van der Waals surface area contributed by atoms with Crippen LogP contribution in [0.2, 0.25) is 10.0 Å². The topological polar surface area (TPSA) is 102 Å². The van der Waals surface area contributed by atoms with Crippen molar-refractivity contribution in [1.82, 2.24) is 10.2 Å². The quantitative estimate of drug-likeness (QED) is 0.0622. The van der Waals surface area contributed by atoms with Crippen molar-refractivity contribution in [2.75, 3.05) is 18.1 Å². The van der Waals surface area contributed by atoms with E-state index in [1.165, 1.54) is 28.0 Å². The van der Waals surface area contributed by atoms with E-state index in [2.05, 4.69) is 10.2 Å². The Kier molecular flexibility index (Phi) is 9.37. The van der Waals surface area contributed by atoms with Crippen LogP contribution in [-0.2, 0) is 15.3 Å². The van der Waals surface area contributed by atoms with Crippen molar-refractivity contribution in [3.63, 3.8) is 0 Å². The van der Waals surface area contributed by atoms with E-state index in [1.54, 1.807) is 42.5 Å². The zero-order chi connectivity index (χ0) is 29.8. The molecule has 0 saturated carbocycles. The molecule has 0 spiro atoms. The third kappa shape index (κ3) is 6.12. The number of anilines is 1. The predicted octanol–water partition coefficient (Wildman–Crippen LogP) is 7.56. The van der Waals surface area contributed by atoms with E-state index in [0.717, 1.165) is 5.56 Å². The summed E-state index contributed by atoms with van der Waals surface area (Å²) in [5.41, 5.74) is 1.71. The number of nitrogens with zero attached hydrogens (tertiary/aromatic N) is 3. The SMILES string of the molecule is CCOc1ccc(C2/C(=C(\O)c3ccc(Cl)cc3)C(=O)C(=O)N2c2nnc(SCc3ccccc3Cl)s2)cc1OCC. The Morgan fingerprint density at radius 3 is 2.40 bits per heavy atom. The molecule has 0 radical (unpaired) electrons. The van der Waals surface area contributed by atoms with Crippen LogP contribution in [0.5, 0.6) is 11.5 Å². The molecule has 12 heteroatoms. The molecule has 1 aliphatic rings. The van der Waals surface area contributed by atoms with Crippen LogP contribution in [-0.4, -0.2) is 40.2 Å². The lowest BCUT2D eigenvalue weighted by Gasteiger charge is -2.23. The summed E-state index contributed by atoms with van der Waals surface area (Å²) in [7, 11) is 0. The number of Topliss-reactive ketones (excluding diaryl/α,β-unsaturated/α-hetero) is 1. The minimum absolute atomic E-state index is 0.0885. The van der Waals surface area contributed by atoms with E-state index in [-0.39, 0.29) is 16.5 Å². The molecule has 1 unspecified atom stereocenters. The van der Waals surface area contributed by atoms with Gasteiger partial charge in [0.1, 0.15) is 5.76 Å². The van der Waals surface area contributed by atoms with Crippen molar-refractivity contribution < 1.29 is 24.2 Å². The van der Waals surface area contributed by atoms with Gasteiger partial charge in [-0.25, -0.2) is 0 Å². The van der Waals surface area contributed by atoms with Gasteiger partial charge in [-0.3, -0.25) is 14.5 Å². The van der Waals surface area contributed by atoms with E-state index in [9.17, 15) is 14.7 Å². The summed E-state index contributed by atoms with van der Waals surface area (Å²) in [4.78, 5) is 28.4. The number of amides is 1. The van der Waals surface area contributed by atoms with E-state index in [0.29, 0.717) is 56.0 Å². The van der Waals surface area contributed by atoms with Crippen molar-refractivity contribution in [3.05, 3.63) is 99.0 Å². The first-order chi connectivity index (χ1) is 20.3. The van der Waals surface area contributed by atoms with Gasteiger partial charge in [0.25, 0.3) is 5.78 Å². The highest BCUT2D eigenvalue weighted by Crippen LogP contribution is 2.45. The molecule has 1 aliphatic heterocycles. The number of ketones is 1. The lowest BCUT2D eigenvalue weighted by atomic mass is 9.95. The highest BCUT2D eigenvalue weighted by molar-refractivity contribution is 8.00. The Hall–Kier alpha value is -3.57. The minimum atomic E-state index is -1.01. The lowest BCUT2D eigenvalue weighted by molar-refractivity contribution is -0.132. The summed E-state index contributed by atoms with van der Waals surface area (Å²) in [5, 5.41) is 21.2. The molecule has 3 aromatic carbocycles. The van der Waals surface area contributed by atoms with Gasteiger partial charge in [0, 0.05) is 21.4 Å². The number of aliphatic hydroxyl groups excluding tert-OH is 1. The molecule has 0 aliphatic carbocycles. The molecular formula is C30H25Cl2N3O5S2. The average Bonchev–Trinajstić information content (AvgIpc) is 3.55. The Morgan fingerprint density at radius 1 is 0.976 bits per heavy atom. The van der Waals surface area contributed by atoms with Gasteiger partial charge < -0.3 is 14.6 Å². The van der Waals surface area contributed by atoms with Crippen molar-refractivity contribution in [2.45, 2.75) is 30.0 Å². The molecule has 1 fully saturated rings. The molecule has 1 saturated heterocycles. The van der Waals surface area contributed by atoms with Crippen molar-refractivity contribution in [1.29, 1.82) is 0 Å². The zero-order valence-corrected chi connectivity index (χ0v) is 25.7. The molecule has 1 amide bonds. The van der Waals surface area contributed by atoms with E-state index < -0.39 is 17.7 Å². The standard InChI is InChI=1S/C30H25Cl2N3O5S2/c1-3-39-22-14-11-18(15-23(22)40-4-2)25-24(26(36)17-9-12-20(31)13-10-17)27(37)28(38)35(25)29-33-34-30(42-29)41-16-19-7-5-6-8-21(19)32/h5-15,25,36H,3-4,16H2,1-2H3/b26-24+. The number of ether oxygens (including phenoxy) is 2. The summed E-state index contributed by atoms with van der Waals surface area (Å²) in [6.07, 6.45) is 0. The molecule has 4 aromatic rings. The van der Waals surface area contributed by atoms with Gasteiger partial charge in [-0.1, -0.05) is 70.6 Å². The molecule has 42 heavy (non-hydrogen) atoms. The number of halogens is 2. The van der Waals surface area contributed by atoms with Crippen LogP contribution in [0.4, 0.5) is 5.13 Å². The Labute approximate surface area is 260 Å². The first kappa shape index (κ1) is 29.9. The lowest BCUT2D eigenvalue weighted by Crippen LogP contribution is -2.29. The number of rotatable bonds is 10. The van der Waals surface area contributed by atoms with Crippen LogP contribution >= 0.6 is 46.3 Å². The molecule has 5 rings (SSSR count). The maximum absolute atomic E-state index is 13.6. The maximum Gasteiger partial charge on any atom is 0.301 e. The fourth-order valence-corrected chi connectivity index (χ4v) is 6.74. The number of benzene rings is 3. The second-order valence-electron chi connectivity index (χ2n) is 8.98. The molecule has 1 aromatic heterocycles. The molecule has 216 valence electrons. The smallest absolute Gasteiger partial charge is 0.301 e. The normalized spacial score (nSPS) is 16.2. The number of carbonyl (C=O) groups excluding carboxylic acids is 2. The van der Waals surface area contributed by atoms with Gasteiger partial charge in [0.05, 0.1) is 24.8 Å². The first-order valence-electron chi connectivity index (χ1n) is 13.0. The van der Waals surface area contributed by atoms with Crippen molar-refractivity contribution >= 4 is 68.9 Å². The van der Waals surface area contributed by atoms with Crippen LogP contribution < -0.4 is 14.4 Å². The van der Waals surface area contributed by atoms with E-state index in [4.69, 9.17) is 32.7 Å². The van der Waals surface area contributed by atoms with Crippen LogP contribution in [0.25, 0.3) is 5.76 Å². The summed E-state index contributed by atoms with van der Waals surface area (Å²) in [6.45, 7) is 4.50. The molecule has 1 atom stereocenters. The number of carbonyl (C=O) groups is 2. The highest BCUT2D eigenvalue weighted by Gasteiger charge is 2.48. The summed E-state index contributed by atoms with van der Waals surface area (Å²) in [5.74, 6) is -0.499. The van der Waals surface area contributed by atoms with Gasteiger partial charge >= 0.3 is 5.91 Å². The summed E-state index contributed by atoms with van der Waals surface area (Å²) < 4.78 is 12.1. The average molecular weight is 643 g/mol. The number of hydrogen-bond donors (Lipinski definition) is 1. The van der Waals surface area contributed by atoms with Gasteiger partial charge in [-0.15, -0.1) is 10.2 Å². The van der Waals surface area contributed by atoms with E-state index in [1.807, 2.05) is 38.1 Å². The molecule has 1 N–H and O–H groups in total. The number of thioether (sulfide) groups is 1. The fraction of sp³-hybridized carbons (Fsp3) is 0.200. The molecular weight excluding hydrogens is 617 g/mol. The third-order valence-electron chi connectivity index (χ3n) is 6.36. The molecule has 2 heterocycles. The van der Waals surface area contributed by atoms with E-state index >= 15 is 0 Å². The zero-order valence-electron chi connectivity index (χ0n) is 22.5.